The van der Waals surface area contributed by atoms with Crippen LogP contribution in [0, 0.1) is 0 Å². The molecule has 0 saturated carbocycles. The number of benzene rings is 1. The Bertz CT molecular complexity index is 363. The number of nitrogens with two attached hydrogens (primary N) is 1. The molecular formula is C12H17NO3S. The van der Waals surface area contributed by atoms with E-state index in [0.717, 1.165) is 10.5 Å². The van der Waals surface area contributed by atoms with E-state index in [1.165, 1.54) is 11.8 Å². The molecule has 1 aromatic carbocycles. The van der Waals surface area contributed by atoms with Crippen LogP contribution in [0.2, 0.25) is 0 Å². The second-order valence-corrected chi connectivity index (χ2v) is 4.95. The molecule has 1 rings (SSSR count). The molecule has 0 aromatic heterocycles. The molecule has 0 radical (unpaired) electrons. The van der Waals surface area contributed by atoms with Gasteiger partial charge in [-0.05, 0) is 19.1 Å². The van der Waals surface area contributed by atoms with Gasteiger partial charge in [0.1, 0.15) is 0 Å². The van der Waals surface area contributed by atoms with Gasteiger partial charge in [0, 0.05) is 24.7 Å². The summed E-state index contributed by atoms with van der Waals surface area (Å²) >= 11 is 1.43. The monoisotopic (exact) mass is 255 g/mol. The summed E-state index contributed by atoms with van der Waals surface area (Å²) in [6.07, 6.45) is -0.359. The molecule has 0 saturated heterocycles. The Morgan fingerprint density at radius 2 is 1.76 bits per heavy atom. The standard InChI is InChI=1S/C12H17NO3S/c1-8(11(13)14)17-10-6-4-9(5-7-10)12(15-2)16-3/h4-8,12H,1-3H3,(H2,13,14). The first-order valence-electron chi connectivity index (χ1n) is 5.20. The van der Waals surface area contributed by atoms with Crippen LogP contribution >= 0.6 is 11.8 Å². The number of ether oxygens (including phenoxy) is 2. The first-order chi connectivity index (χ1) is 8.08. The van der Waals surface area contributed by atoms with Gasteiger partial charge in [0.05, 0.1) is 5.25 Å². The fraction of sp³-hybridized carbons (Fsp3) is 0.417. The predicted octanol–water partition coefficient (Wildman–Crippen LogP) is 1.94. The van der Waals surface area contributed by atoms with Crippen LogP contribution in [0.5, 0.6) is 0 Å². The quantitative estimate of drug-likeness (QED) is 0.623. The lowest BCUT2D eigenvalue weighted by molar-refractivity contribution is -0.117. The van der Waals surface area contributed by atoms with Gasteiger partial charge >= 0.3 is 0 Å². The maximum absolute atomic E-state index is 10.9. The van der Waals surface area contributed by atoms with Crippen molar-refractivity contribution in [3.63, 3.8) is 0 Å². The largest absolute Gasteiger partial charge is 0.369 e. The summed E-state index contributed by atoms with van der Waals surface area (Å²) in [6, 6.07) is 7.66. The number of amides is 1. The highest BCUT2D eigenvalue weighted by Gasteiger charge is 2.12. The van der Waals surface area contributed by atoms with E-state index >= 15 is 0 Å². The Morgan fingerprint density at radius 3 is 2.18 bits per heavy atom. The average Bonchev–Trinajstić information content (AvgIpc) is 2.32. The molecule has 1 atom stereocenters. The summed E-state index contributed by atoms with van der Waals surface area (Å²) in [5.41, 5.74) is 6.14. The van der Waals surface area contributed by atoms with E-state index in [1.54, 1.807) is 21.1 Å². The minimum atomic E-state index is -0.359. The molecule has 17 heavy (non-hydrogen) atoms. The molecule has 5 heteroatoms. The Kier molecular flexibility index (Phi) is 5.47. The van der Waals surface area contributed by atoms with E-state index < -0.39 is 0 Å². The van der Waals surface area contributed by atoms with Gasteiger partial charge < -0.3 is 15.2 Å². The van der Waals surface area contributed by atoms with Gasteiger partial charge in [-0.3, -0.25) is 4.79 Å². The number of rotatable bonds is 6. The number of thioether (sulfide) groups is 1. The topological polar surface area (TPSA) is 61.6 Å². The molecule has 2 N–H and O–H groups in total. The molecule has 0 aliphatic rings. The van der Waals surface area contributed by atoms with E-state index in [9.17, 15) is 4.79 Å². The molecule has 0 spiro atoms. The molecule has 0 aliphatic carbocycles. The highest BCUT2D eigenvalue weighted by Crippen LogP contribution is 2.25. The fourth-order valence-corrected chi connectivity index (χ4v) is 2.15. The molecule has 94 valence electrons. The third-order valence-electron chi connectivity index (χ3n) is 2.29. The second-order valence-electron chi connectivity index (χ2n) is 3.53. The zero-order chi connectivity index (χ0) is 12.8. The predicted molar refractivity (Wildman–Crippen MR) is 67.7 cm³/mol. The van der Waals surface area contributed by atoms with Crippen LogP contribution in [0.1, 0.15) is 18.8 Å². The van der Waals surface area contributed by atoms with Crippen LogP contribution in [-0.4, -0.2) is 25.4 Å². The number of carbonyl (C=O) groups is 1. The van der Waals surface area contributed by atoms with Crippen LogP contribution in [0.4, 0.5) is 0 Å². The molecule has 1 amide bonds. The molecular weight excluding hydrogens is 238 g/mol. The van der Waals surface area contributed by atoms with Crippen molar-refractivity contribution < 1.29 is 14.3 Å². The highest BCUT2D eigenvalue weighted by atomic mass is 32.2. The van der Waals surface area contributed by atoms with Crippen LogP contribution in [0.25, 0.3) is 0 Å². The van der Waals surface area contributed by atoms with E-state index in [1.807, 2.05) is 24.3 Å². The Hall–Kier alpha value is -1.04. The molecule has 0 heterocycles. The summed E-state index contributed by atoms with van der Waals surface area (Å²) in [7, 11) is 3.18. The zero-order valence-electron chi connectivity index (χ0n) is 10.2. The summed E-state index contributed by atoms with van der Waals surface area (Å²) in [5, 5.41) is -0.235. The third-order valence-corrected chi connectivity index (χ3v) is 3.42. The lowest BCUT2D eigenvalue weighted by Crippen LogP contribution is -2.22. The molecule has 0 bridgehead atoms. The van der Waals surface area contributed by atoms with E-state index in [2.05, 4.69) is 0 Å². The van der Waals surface area contributed by atoms with Crippen LogP contribution in [-0.2, 0) is 14.3 Å². The maximum Gasteiger partial charge on any atom is 0.230 e. The molecule has 4 nitrogen and oxygen atoms in total. The number of hydrogen-bond donors (Lipinski definition) is 1. The van der Waals surface area contributed by atoms with Gasteiger partial charge in [-0.1, -0.05) is 12.1 Å². The zero-order valence-corrected chi connectivity index (χ0v) is 11.0. The second kappa shape index (κ2) is 6.64. The fourth-order valence-electron chi connectivity index (χ4n) is 1.33. The Labute approximate surface area is 105 Å². The van der Waals surface area contributed by atoms with Crippen molar-refractivity contribution >= 4 is 17.7 Å². The van der Waals surface area contributed by atoms with Gasteiger partial charge in [-0.2, -0.15) is 0 Å². The SMILES string of the molecule is COC(OC)c1ccc(SC(C)C(N)=O)cc1. The van der Waals surface area contributed by atoms with Crippen molar-refractivity contribution in [2.45, 2.75) is 23.4 Å². The van der Waals surface area contributed by atoms with Crippen molar-refractivity contribution in [1.29, 1.82) is 0 Å². The Balaban J connectivity index is 2.71. The van der Waals surface area contributed by atoms with E-state index in [-0.39, 0.29) is 17.4 Å². The minimum absolute atomic E-state index is 0.235. The van der Waals surface area contributed by atoms with Crippen LogP contribution < -0.4 is 5.73 Å². The van der Waals surface area contributed by atoms with Crippen molar-refractivity contribution in [1.82, 2.24) is 0 Å². The van der Waals surface area contributed by atoms with Gasteiger partial charge in [0.15, 0.2) is 6.29 Å². The normalized spacial score (nSPS) is 12.7. The maximum atomic E-state index is 10.9. The molecule has 0 fully saturated rings. The van der Waals surface area contributed by atoms with Gasteiger partial charge in [-0.15, -0.1) is 11.8 Å². The van der Waals surface area contributed by atoms with Gasteiger partial charge in [0.2, 0.25) is 5.91 Å². The summed E-state index contributed by atoms with van der Waals surface area (Å²) in [6.45, 7) is 1.79. The van der Waals surface area contributed by atoms with E-state index in [0.29, 0.717) is 0 Å². The number of hydrogen-bond acceptors (Lipinski definition) is 4. The Morgan fingerprint density at radius 1 is 1.24 bits per heavy atom. The molecule has 0 aliphatic heterocycles. The number of carbonyl (C=O) groups excluding carboxylic acids is 1. The highest BCUT2D eigenvalue weighted by molar-refractivity contribution is 8.00. The lowest BCUT2D eigenvalue weighted by atomic mass is 10.2. The lowest BCUT2D eigenvalue weighted by Gasteiger charge is -2.14. The van der Waals surface area contributed by atoms with Gasteiger partial charge in [0.25, 0.3) is 0 Å². The smallest absolute Gasteiger partial charge is 0.230 e. The third kappa shape index (κ3) is 4.03. The van der Waals surface area contributed by atoms with E-state index in [4.69, 9.17) is 15.2 Å². The summed E-state index contributed by atoms with van der Waals surface area (Å²) in [4.78, 5) is 11.9. The van der Waals surface area contributed by atoms with Crippen LogP contribution in [0.3, 0.4) is 0 Å². The van der Waals surface area contributed by atoms with Crippen molar-refractivity contribution in [3.05, 3.63) is 29.8 Å². The van der Waals surface area contributed by atoms with Gasteiger partial charge in [-0.25, -0.2) is 0 Å². The van der Waals surface area contributed by atoms with Crippen LogP contribution in [0.15, 0.2) is 29.2 Å². The first-order valence-corrected chi connectivity index (χ1v) is 6.08. The number of methoxy groups -OCH3 is 2. The van der Waals surface area contributed by atoms with Crippen molar-refractivity contribution in [3.8, 4) is 0 Å². The number of primary amides is 1. The molecule has 1 unspecified atom stereocenters. The first kappa shape index (κ1) is 14.0. The summed E-state index contributed by atoms with van der Waals surface area (Å²) < 4.78 is 10.3. The average molecular weight is 255 g/mol. The van der Waals surface area contributed by atoms with Crippen molar-refractivity contribution in [2.24, 2.45) is 5.73 Å². The van der Waals surface area contributed by atoms with Crippen molar-refractivity contribution in [2.75, 3.05) is 14.2 Å². The summed E-state index contributed by atoms with van der Waals surface area (Å²) in [5.74, 6) is -0.314. The molecule has 1 aromatic rings. The minimum Gasteiger partial charge on any atom is -0.369 e.